The van der Waals surface area contributed by atoms with E-state index < -0.39 is 0 Å². The van der Waals surface area contributed by atoms with Crippen LogP contribution in [0.25, 0.3) is 0 Å². The van der Waals surface area contributed by atoms with Crippen LogP contribution in [0.2, 0.25) is 5.02 Å². The van der Waals surface area contributed by atoms with Crippen molar-refractivity contribution in [3.63, 3.8) is 0 Å². The summed E-state index contributed by atoms with van der Waals surface area (Å²) >= 11 is 5.84. The molecule has 1 aromatic rings. The Morgan fingerprint density at radius 3 is 2.70 bits per heavy atom. The van der Waals surface area contributed by atoms with Crippen LogP contribution in [0.15, 0.2) is 36.0 Å². The lowest BCUT2D eigenvalue weighted by atomic mass is 9.79. The first-order chi connectivity index (χ1) is 9.35. The van der Waals surface area contributed by atoms with Crippen LogP contribution in [0.3, 0.4) is 0 Å². The lowest BCUT2D eigenvalue weighted by Crippen LogP contribution is -2.39. The number of allylic oxidation sites excluding steroid dienone is 2. The van der Waals surface area contributed by atoms with Gasteiger partial charge in [0.15, 0.2) is 5.78 Å². The van der Waals surface area contributed by atoms with Gasteiger partial charge in [-0.2, -0.15) is 0 Å². The van der Waals surface area contributed by atoms with Gasteiger partial charge in [0, 0.05) is 28.8 Å². The number of hydrogen-bond donors (Lipinski definition) is 2. The lowest BCUT2D eigenvalue weighted by Gasteiger charge is -2.29. The van der Waals surface area contributed by atoms with Crippen molar-refractivity contribution < 1.29 is 9.59 Å². The van der Waals surface area contributed by atoms with Gasteiger partial charge in [-0.15, -0.1) is 0 Å². The standard InChI is InChI=1S/C15H17ClN2O2/c1-15(2)8-12(7-13(19)9-15)17-18-14(20)10-4-3-5-11(16)6-10/h3-7,17H,8-9H2,1-2H3,(H,18,20). The summed E-state index contributed by atoms with van der Waals surface area (Å²) in [5.41, 5.74) is 6.51. The molecule has 0 spiro atoms. The molecule has 5 heteroatoms. The summed E-state index contributed by atoms with van der Waals surface area (Å²) in [6, 6.07) is 6.68. The SMILES string of the molecule is CC1(C)CC(=O)C=C(NNC(=O)c2cccc(Cl)c2)C1. The average molecular weight is 293 g/mol. The van der Waals surface area contributed by atoms with Crippen LogP contribution in [0, 0.1) is 5.41 Å². The Bertz CT molecular complexity index is 579. The Labute approximate surface area is 123 Å². The first-order valence-electron chi connectivity index (χ1n) is 6.41. The van der Waals surface area contributed by atoms with Crippen molar-refractivity contribution in [1.29, 1.82) is 0 Å². The summed E-state index contributed by atoms with van der Waals surface area (Å²) in [5.74, 6) is -0.218. The van der Waals surface area contributed by atoms with Gasteiger partial charge in [0.25, 0.3) is 5.91 Å². The highest BCUT2D eigenvalue weighted by molar-refractivity contribution is 6.30. The normalized spacial score (nSPS) is 17.4. The third-order valence-corrected chi connectivity index (χ3v) is 3.32. The lowest BCUT2D eigenvalue weighted by molar-refractivity contribution is -0.117. The minimum absolute atomic E-state index is 0.0701. The van der Waals surface area contributed by atoms with Crippen molar-refractivity contribution in [2.24, 2.45) is 5.41 Å². The Hall–Kier alpha value is -1.81. The zero-order valence-corrected chi connectivity index (χ0v) is 12.3. The van der Waals surface area contributed by atoms with E-state index in [1.807, 2.05) is 13.8 Å². The number of benzene rings is 1. The van der Waals surface area contributed by atoms with E-state index >= 15 is 0 Å². The largest absolute Gasteiger partial charge is 0.302 e. The molecule has 2 rings (SSSR count). The van der Waals surface area contributed by atoms with Gasteiger partial charge in [0.2, 0.25) is 0 Å². The minimum atomic E-state index is -0.288. The van der Waals surface area contributed by atoms with Crippen LogP contribution in [0.5, 0.6) is 0 Å². The van der Waals surface area contributed by atoms with Crippen molar-refractivity contribution in [2.75, 3.05) is 0 Å². The maximum Gasteiger partial charge on any atom is 0.269 e. The predicted molar refractivity (Wildman–Crippen MR) is 78.2 cm³/mol. The molecule has 2 N–H and O–H groups in total. The molecule has 20 heavy (non-hydrogen) atoms. The van der Waals surface area contributed by atoms with Crippen LogP contribution in [-0.2, 0) is 4.79 Å². The molecule has 0 radical (unpaired) electrons. The molecule has 0 fully saturated rings. The summed E-state index contributed by atoms with van der Waals surface area (Å²) < 4.78 is 0. The van der Waals surface area contributed by atoms with Crippen LogP contribution in [-0.4, -0.2) is 11.7 Å². The first-order valence-corrected chi connectivity index (χ1v) is 6.79. The number of rotatable bonds is 3. The number of hydrazine groups is 1. The van der Waals surface area contributed by atoms with E-state index in [1.165, 1.54) is 0 Å². The second-order valence-corrected chi connectivity index (χ2v) is 6.18. The molecule has 0 unspecified atom stereocenters. The zero-order valence-electron chi connectivity index (χ0n) is 11.5. The number of nitrogens with one attached hydrogen (secondary N) is 2. The molecular weight excluding hydrogens is 276 g/mol. The summed E-state index contributed by atoms with van der Waals surface area (Å²) in [4.78, 5) is 23.5. The summed E-state index contributed by atoms with van der Waals surface area (Å²) in [7, 11) is 0. The number of carbonyl (C=O) groups excluding carboxylic acids is 2. The van der Waals surface area contributed by atoms with Gasteiger partial charge < -0.3 is 5.43 Å². The third-order valence-electron chi connectivity index (χ3n) is 3.08. The fourth-order valence-electron chi connectivity index (χ4n) is 2.27. The van der Waals surface area contributed by atoms with E-state index in [-0.39, 0.29) is 17.1 Å². The van der Waals surface area contributed by atoms with E-state index in [1.54, 1.807) is 30.3 Å². The molecule has 0 aromatic heterocycles. The highest BCUT2D eigenvalue weighted by Crippen LogP contribution is 2.32. The van der Waals surface area contributed by atoms with Crippen LogP contribution in [0.1, 0.15) is 37.0 Å². The highest BCUT2D eigenvalue weighted by Gasteiger charge is 2.27. The van der Waals surface area contributed by atoms with E-state index in [2.05, 4.69) is 10.9 Å². The van der Waals surface area contributed by atoms with E-state index in [0.717, 1.165) is 5.70 Å². The minimum Gasteiger partial charge on any atom is -0.302 e. The number of amides is 1. The molecule has 0 heterocycles. The molecule has 1 aliphatic rings. The molecule has 0 bridgehead atoms. The molecule has 4 nitrogen and oxygen atoms in total. The maximum atomic E-state index is 11.9. The molecule has 0 aliphatic heterocycles. The number of halogens is 1. The van der Waals surface area contributed by atoms with Gasteiger partial charge in [0.1, 0.15) is 0 Å². The average Bonchev–Trinajstić information content (AvgIpc) is 2.33. The number of hydrogen-bond acceptors (Lipinski definition) is 3. The number of carbonyl (C=O) groups is 2. The Balaban J connectivity index is 1.99. The molecule has 106 valence electrons. The first kappa shape index (κ1) is 14.6. The fraction of sp³-hybridized carbons (Fsp3) is 0.333. The van der Waals surface area contributed by atoms with Gasteiger partial charge in [0.05, 0.1) is 0 Å². The van der Waals surface area contributed by atoms with Crippen LogP contribution in [0.4, 0.5) is 0 Å². The Morgan fingerprint density at radius 2 is 2.05 bits per heavy atom. The molecule has 0 atom stereocenters. The molecular formula is C15H17ClN2O2. The maximum absolute atomic E-state index is 11.9. The summed E-state index contributed by atoms with van der Waals surface area (Å²) in [6.07, 6.45) is 2.79. The van der Waals surface area contributed by atoms with Crippen molar-refractivity contribution in [3.8, 4) is 0 Å². The quantitative estimate of drug-likeness (QED) is 0.842. The van der Waals surface area contributed by atoms with Crippen molar-refractivity contribution in [3.05, 3.63) is 46.6 Å². The summed E-state index contributed by atoms with van der Waals surface area (Å²) in [5, 5.41) is 0.505. The molecule has 1 amide bonds. The smallest absolute Gasteiger partial charge is 0.269 e. The van der Waals surface area contributed by atoms with Gasteiger partial charge in [-0.1, -0.05) is 31.5 Å². The fourth-order valence-corrected chi connectivity index (χ4v) is 2.46. The van der Waals surface area contributed by atoms with E-state index in [4.69, 9.17) is 11.6 Å². The monoisotopic (exact) mass is 292 g/mol. The van der Waals surface area contributed by atoms with Crippen molar-refractivity contribution >= 4 is 23.3 Å². The van der Waals surface area contributed by atoms with Gasteiger partial charge in [-0.3, -0.25) is 15.0 Å². The third kappa shape index (κ3) is 3.84. The second kappa shape index (κ2) is 5.67. The summed E-state index contributed by atoms with van der Waals surface area (Å²) in [6.45, 7) is 4.05. The molecule has 0 saturated heterocycles. The van der Waals surface area contributed by atoms with Gasteiger partial charge >= 0.3 is 0 Å². The predicted octanol–water partition coefficient (Wildman–Crippen LogP) is 2.85. The molecule has 0 saturated carbocycles. The molecule has 1 aromatic carbocycles. The Kier molecular flexibility index (Phi) is 4.14. The van der Waals surface area contributed by atoms with E-state index in [9.17, 15) is 9.59 Å². The Morgan fingerprint density at radius 1 is 1.30 bits per heavy atom. The zero-order chi connectivity index (χ0) is 14.8. The topological polar surface area (TPSA) is 58.2 Å². The number of ketones is 1. The molecule has 1 aliphatic carbocycles. The van der Waals surface area contributed by atoms with Crippen LogP contribution < -0.4 is 10.9 Å². The van der Waals surface area contributed by atoms with E-state index in [0.29, 0.717) is 23.4 Å². The van der Waals surface area contributed by atoms with Gasteiger partial charge in [-0.05, 0) is 30.0 Å². The highest BCUT2D eigenvalue weighted by atomic mass is 35.5. The van der Waals surface area contributed by atoms with Crippen molar-refractivity contribution in [2.45, 2.75) is 26.7 Å². The van der Waals surface area contributed by atoms with Crippen molar-refractivity contribution in [1.82, 2.24) is 10.9 Å². The van der Waals surface area contributed by atoms with Gasteiger partial charge in [-0.25, -0.2) is 0 Å². The second-order valence-electron chi connectivity index (χ2n) is 5.74. The van der Waals surface area contributed by atoms with Crippen LogP contribution >= 0.6 is 11.6 Å².